The Hall–Kier alpha value is -0.683. The molecule has 0 spiro atoms. The van der Waals surface area contributed by atoms with Gasteiger partial charge in [0.15, 0.2) is 0 Å². The monoisotopic (exact) mass is 492 g/mol. The molecule has 2 aromatic carbocycles. The van der Waals surface area contributed by atoms with Crippen LogP contribution in [0.25, 0.3) is 0 Å². The van der Waals surface area contributed by atoms with Gasteiger partial charge in [0.1, 0.15) is 0 Å². The van der Waals surface area contributed by atoms with Crippen LogP contribution in [0.3, 0.4) is 0 Å². The summed E-state index contributed by atoms with van der Waals surface area (Å²) in [5.74, 6) is 1.23. The second-order valence-corrected chi connectivity index (χ2v) is 15.2. The zero-order chi connectivity index (χ0) is 18.8. The average molecular weight is 494 g/mol. The highest BCUT2D eigenvalue weighted by Crippen LogP contribution is 2.44. The van der Waals surface area contributed by atoms with Gasteiger partial charge in [-0.25, -0.2) is 0 Å². The summed E-state index contributed by atoms with van der Waals surface area (Å²) < 4.78 is 8.03. The molecule has 138 valence electrons. The lowest BCUT2D eigenvalue weighted by Gasteiger charge is -2.43. The van der Waals surface area contributed by atoms with Crippen LogP contribution in [0.2, 0.25) is 5.04 Å². The van der Waals surface area contributed by atoms with Crippen molar-refractivity contribution >= 4 is 50.6 Å². The maximum Gasteiger partial charge on any atom is 0.261 e. The van der Waals surface area contributed by atoms with Crippen molar-refractivity contribution in [2.75, 3.05) is 6.61 Å². The SMILES string of the molecule is CC(C)(C)[Si](OC[C@H]1C[C@H]1C=C(Br)Br)(c1ccccc1)c1ccccc1. The first-order valence-corrected chi connectivity index (χ1v) is 12.6. The molecule has 1 aliphatic rings. The van der Waals surface area contributed by atoms with Crippen LogP contribution in [0.1, 0.15) is 27.2 Å². The topological polar surface area (TPSA) is 9.23 Å². The molecule has 0 amide bonds. The number of benzene rings is 2. The molecule has 2 atom stereocenters. The quantitative estimate of drug-likeness (QED) is 0.460. The second kappa shape index (κ2) is 8.13. The molecule has 0 aromatic heterocycles. The van der Waals surface area contributed by atoms with E-state index in [9.17, 15) is 0 Å². The molecule has 1 saturated carbocycles. The largest absolute Gasteiger partial charge is 0.407 e. The van der Waals surface area contributed by atoms with Crippen molar-refractivity contribution in [3.8, 4) is 0 Å². The molecule has 1 nitrogen and oxygen atoms in total. The standard InChI is InChI=1S/C22H26Br2OSi/c1-22(2,3)26(19-10-6-4-7-11-19,20-12-8-5-9-13-20)25-16-18-14-17(18)15-21(23)24/h4-13,15,17-18H,14,16H2,1-3H3/t17-,18+/m0/s1. The lowest BCUT2D eigenvalue weighted by atomic mass is 10.2. The van der Waals surface area contributed by atoms with E-state index in [-0.39, 0.29) is 5.04 Å². The molecule has 0 unspecified atom stereocenters. The smallest absolute Gasteiger partial charge is 0.261 e. The molecule has 0 radical (unpaired) electrons. The first-order chi connectivity index (χ1) is 12.3. The molecule has 1 aliphatic carbocycles. The predicted octanol–water partition coefficient (Wildman–Crippen LogP) is 5.83. The highest BCUT2D eigenvalue weighted by Gasteiger charge is 2.51. The van der Waals surface area contributed by atoms with Crippen LogP contribution in [0, 0.1) is 11.8 Å². The third-order valence-corrected chi connectivity index (χ3v) is 10.8. The van der Waals surface area contributed by atoms with E-state index in [1.54, 1.807) is 0 Å². The van der Waals surface area contributed by atoms with Crippen LogP contribution in [0.5, 0.6) is 0 Å². The molecular weight excluding hydrogens is 468 g/mol. The van der Waals surface area contributed by atoms with Gasteiger partial charge in [0, 0.05) is 6.61 Å². The molecular formula is C22H26Br2OSi. The zero-order valence-corrected chi connectivity index (χ0v) is 19.8. The van der Waals surface area contributed by atoms with Crippen LogP contribution in [-0.2, 0) is 4.43 Å². The fourth-order valence-electron chi connectivity index (χ4n) is 3.82. The Morgan fingerprint density at radius 2 is 1.50 bits per heavy atom. The first kappa shape index (κ1) is 20.1. The van der Waals surface area contributed by atoms with Gasteiger partial charge in [-0.3, -0.25) is 0 Å². The Morgan fingerprint density at radius 1 is 1.00 bits per heavy atom. The number of halogens is 2. The van der Waals surface area contributed by atoms with Gasteiger partial charge in [0.2, 0.25) is 0 Å². The summed E-state index contributed by atoms with van der Waals surface area (Å²) in [6.07, 6.45) is 3.46. The van der Waals surface area contributed by atoms with Crippen LogP contribution in [-0.4, -0.2) is 14.9 Å². The molecule has 0 heterocycles. The minimum Gasteiger partial charge on any atom is -0.407 e. The van der Waals surface area contributed by atoms with E-state index in [1.807, 2.05) is 0 Å². The Kier molecular flexibility index (Phi) is 6.28. The summed E-state index contributed by atoms with van der Waals surface area (Å²) in [6.45, 7) is 7.82. The number of allylic oxidation sites excluding steroid dienone is 1. The summed E-state index contributed by atoms with van der Waals surface area (Å²) in [6, 6.07) is 21.7. The fourth-order valence-corrected chi connectivity index (χ4v) is 9.12. The number of rotatable bonds is 6. The molecule has 0 aliphatic heterocycles. The van der Waals surface area contributed by atoms with E-state index in [0.29, 0.717) is 11.8 Å². The Labute approximate surface area is 175 Å². The van der Waals surface area contributed by atoms with Crippen molar-refractivity contribution in [3.63, 3.8) is 0 Å². The lowest BCUT2D eigenvalue weighted by molar-refractivity contribution is 0.277. The van der Waals surface area contributed by atoms with Crippen LogP contribution in [0.15, 0.2) is 70.1 Å². The van der Waals surface area contributed by atoms with Gasteiger partial charge >= 0.3 is 0 Å². The fraction of sp³-hybridized carbons (Fsp3) is 0.364. The summed E-state index contributed by atoms with van der Waals surface area (Å²) in [7, 11) is -2.39. The van der Waals surface area contributed by atoms with Gasteiger partial charge in [-0.15, -0.1) is 0 Å². The van der Waals surface area contributed by atoms with E-state index in [2.05, 4.69) is 119 Å². The van der Waals surface area contributed by atoms with Gasteiger partial charge in [0.25, 0.3) is 8.32 Å². The van der Waals surface area contributed by atoms with Crippen molar-refractivity contribution in [3.05, 3.63) is 70.1 Å². The van der Waals surface area contributed by atoms with Gasteiger partial charge in [0.05, 0.1) is 3.39 Å². The van der Waals surface area contributed by atoms with Crippen molar-refractivity contribution in [1.82, 2.24) is 0 Å². The Morgan fingerprint density at radius 3 is 1.92 bits per heavy atom. The normalized spacial score (nSPS) is 19.9. The maximum atomic E-state index is 6.98. The predicted molar refractivity (Wildman–Crippen MR) is 121 cm³/mol. The van der Waals surface area contributed by atoms with Crippen molar-refractivity contribution in [2.45, 2.75) is 32.2 Å². The summed E-state index contributed by atoms with van der Waals surface area (Å²) in [5.41, 5.74) is 0. The molecule has 1 fully saturated rings. The molecule has 0 saturated heterocycles. The molecule has 3 rings (SSSR count). The van der Waals surface area contributed by atoms with Crippen molar-refractivity contribution < 1.29 is 4.43 Å². The molecule has 0 bridgehead atoms. The summed E-state index contributed by atoms with van der Waals surface area (Å²) in [5, 5.41) is 2.76. The Bertz CT molecular complexity index is 709. The van der Waals surface area contributed by atoms with Crippen molar-refractivity contribution in [1.29, 1.82) is 0 Å². The van der Waals surface area contributed by atoms with Gasteiger partial charge in [-0.2, -0.15) is 0 Å². The minimum absolute atomic E-state index is 0.0476. The van der Waals surface area contributed by atoms with Gasteiger partial charge in [-0.1, -0.05) is 87.5 Å². The number of hydrogen-bond acceptors (Lipinski definition) is 1. The first-order valence-electron chi connectivity index (χ1n) is 9.12. The van der Waals surface area contributed by atoms with Gasteiger partial charge in [-0.05, 0) is 65.5 Å². The van der Waals surface area contributed by atoms with E-state index < -0.39 is 8.32 Å². The highest BCUT2D eigenvalue weighted by atomic mass is 79.9. The van der Waals surface area contributed by atoms with Crippen LogP contribution >= 0.6 is 31.9 Å². The lowest BCUT2D eigenvalue weighted by Crippen LogP contribution is -2.66. The van der Waals surface area contributed by atoms with Crippen LogP contribution in [0.4, 0.5) is 0 Å². The molecule has 0 N–H and O–H groups in total. The average Bonchev–Trinajstić information content (AvgIpc) is 3.33. The third kappa shape index (κ3) is 4.24. The number of hydrogen-bond donors (Lipinski definition) is 0. The van der Waals surface area contributed by atoms with Crippen molar-refractivity contribution in [2.24, 2.45) is 11.8 Å². The van der Waals surface area contributed by atoms with E-state index in [0.717, 1.165) is 10.00 Å². The van der Waals surface area contributed by atoms with E-state index >= 15 is 0 Å². The van der Waals surface area contributed by atoms with E-state index in [1.165, 1.54) is 16.8 Å². The summed E-state index contributed by atoms with van der Waals surface area (Å²) in [4.78, 5) is 0. The zero-order valence-electron chi connectivity index (χ0n) is 15.6. The maximum absolute atomic E-state index is 6.98. The second-order valence-electron chi connectivity index (χ2n) is 8.09. The minimum atomic E-state index is -2.39. The third-order valence-electron chi connectivity index (χ3n) is 5.25. The summed E-state index contributed by atoms with van der Waals surface area (Å²) >= 11 is 6.97. The van der Waals surface area contributed by atoms with Gasteiger partial charge < -0.3 is 4.43 Å². The van der Waals surface area contributed by atoms with E-state index in [4.69, 9.17) is 4.43 Å². The molecule has 4 heteroatoms. The Balaban J connectivity index is 1.97. The highest BCUT2D eigenvalue weighted by molar-refractivity contribution is 9.28. The molecule has 26 heavy (non-hydrogen) atoms. The molecule has 2 aromatic rings. The van der Waals surface area contributed by atoms with Crippen LogP contribution < -0.4 is 10.4 Å².